The Labute approximate surface area is 120 Å². The van der Waals surface area contributed by atoms with Gasteiger partial charge in [-0.3, -0.25) is 0 Å². The van der Waals surface area contributed by atoms with Crippen molar-refractivity contribution in [3.05, 3.63) is 47.7 Å². The average molecular weight is 284 g/mol. The van der Waals surface area contributed by atoms with Gasteiger partial charge in [-0.2, -0.15) is 5.26 Å². The smallest absolute Gasteiger partial charge is 0.206 e. The second-order valence-electron chi connectivity index (χ2n) is 4.24. The van der Waals surface area contributed by atoms with E-state index in [2.05, 4.69) is 26.3 Å². The molecule has 20 heavy (non-hydrogen) atoms. The largest absolute Gasteiger partial charge is 0.324 e. The number of nitrogens with zero attached hydrogens (tertiary/aromatic N) is 3. The van der Waals surface area contributed by atoms with E-state index in [0.717, 1.165) is 16.6 Å². The standard InChI is InChI=1S/C14H10ClN5/c15-7-9-3-4-17-13(6-9)20-14-18-11-2-1-10(8-16)5-12(11)19-14/h1-6H,7H2,(H2,17,18,19,20). The van der Waals surface area contributed by atoms with Gasteiger partial charge in [0.2, 0.25) is 5.95 Å². The highest BCUT2D eigenvalue weighted by Crippen LogP contribution is 2.19. The van der Waals surface area contributed by atoms with Crippen molar-refractivity contribution >= 4 is 34.4 Å². The van der Waals surface area contributed by atoms with Crippen molar-refractivity contribution in [1.82, 2.24) is 15.0 Å². The van der Waals surface area contributed by atoms with Gasteiger partial charge in [-0.15, -0.1) is 11.6 Å². The lowest BCUT2D eigenvalue weighted by atomic mass is 10.2. The van der Waals surface area contributed by atoms with Crippen LogP contribution in [0.3, 0.4) is 0 Å². The van der Waals surface area contributed by atoms with Crippen molar-refractivity contribution in [1.29, 1.82) is 5.26 Å². The Bertz CT molecular complexity index is 803. The van der Waals surface area contributed by atoms with Crippen molar-refractivity contribution in [2.75, 3.05) is 5.32 Å². The molecule has 3 aromatic rings. The van der Waals surface area contributed by atoms with Gasteiger partial charge >= 0.3 is 0 Å². The molecule has 0 aliphatic heterocycles. The summed E-state index contributed by atoms with van der Waals surface area (Å²) in [6.07, 6.45) is 1.69. The van der Waals surface area contributed by atoms with Crippen LogP contribution in [0.25, 0.3) is 11.0 Å². The van der Waals surface area contributed by atoms with Crippen molar-refractivity contribution in [2.45, 2.75) is 5.88 Å². The Hall–Kier alpha value is -2.58. The Morgan fingerprint density at radius 3 is 3.00 bits per heavy atom. The summed E-state index contributed by atoms with van der Waals surface area (Å²) in [6, 6.07) is 11.1. The second kappa shape index (κ2) is 5.19. The highest BCUT2D eigenvalue weighted by molar-refractivity contribution is 6.17. The SMILES string of the molecule is N#Cc1ccc2nc(Nc3cc(CCl)ccn3)[nH]c2c1. The lowest BCUT2D eigenvalue weighted by molar-refractivity contribution is 1.22. The number of alkyl halides is 1. The van der Waals surface area contributed by atoms with Gasteiger partial charge in [0.05, 0.1) is 22.7 Å². The number of nitrogens with one attached hydrogen (secondary N) is 2. The zero-order chi connectivity index (χ0) is 13.9. The first kappa shape index (κ1) is 12.5. The van der Waals surface area contributed by atoms with E-state index in [1.54, 1.807) is 24.4 Å². The van der Waals surface area contributed by atoms with Crippen LogP contribution in [-0.4, -0.2) is 15.0 Å². The third kappa shape index (κ3) is 2.42. The summed E-state index contributed by atoms with van der Waals surface area (Å²) in [6.45, 7) is 0. The normalized spacial score (nSPS) is 10.4. The van der Waals surface area contributed by atoms with Crippen LogP contribution in [0.1, 0.15) is 11.1 Å². The zero-order valence-corrected chi connectivity index (χ0v) is 11.1. The number of anilines is 2. The van der Waals surface area contributed by atoms with E-state index in [-0.39, 0.29) is 0 Å². The second-order valence-corrected chi connectivity index (χ2v) is 4.50. The Morgan fingerprint density at radius 2 is 2.20 bits per heavy atom. The first-order valence-corrected chi connectivity index (χ1v) is 6.50. The summed E-state index contributed by atoms with van der Waals surface area (Å²) in [5.41, 5.74) is 3.17. The molecule has 2 N–H and O–H groups in total. The van der Waals surface area contributed by atoms with Gasteiger partial charge in [0.15, 0.2) is 0 Å². The lowest BCUT2D eigenvalue weighted by Crippen LogP contribution is -1.95. The minimum atomic E-state index is 0.433. The number of halogens is 1. The molecule has 3 rings (SSSR count). The fourth-order valence-electron chi connectivity index (χ4n) is 1.89. The fraction of sp³-hybridized carbons (Fsp3) is 0.0714. The van der Waals surface area contributed by atoms with Gasteiger partial charge in [0.1, 0.15) is 5.82 Å². The van der Waals surface area contributed by atoms with E-state index in [0.29, 0.717) is 23.2 Å². The minimum absolute atomic E-state index is 0.433. The first-order valence-electron chi connectivity index (χ1n) is 5.96. The highest BCUT2D eigenvalue weighted by atomic mass is 35.5. The molecule has 1 aromatic carbocycles. The molecule has 0 aliphatic rings. The number of aromatic nitrogens is 3. The lowest BCUT2D eigenvalue weighted by Gasteiger charge is -2.02. The van der Waals surface area contributed by atoms with Gasteiger partial charge in [0, 0.05) is 12.1 Å². The van der Waals surface area contributed by atoms with E-state index in [4.69, 9.17) is 16.9 Å². The van der Waals surface area contributed by atoms with E-state index in [9.17, 15) is 0 Å². The average Bonchev–Trinajstić information content (AvgIpc) is 2.88. The molecule has 2 aromatic heterocycles. The Balaban J connectivity index is 1.92. The number of hydrogen-bond donors (Lipinski definition) is 2. The van der Waals surface area contributed by atoms with Crippen LogP contribution in [0.4, 0.5) is 11.8 Å². The maximum atomic E-state index is 8.87. The Kier molecular flexibility index (Phi) is 3.23. The van der Waals surface area contributed by atoms with Crippen molar-refractivity contribution in [2.24, 2.45) is 0 Å². The van der Waals surface area contributed by atoms with Crippen LogP contribution >= 0.6 is 11.6 Å². The molecule has 0 unspecified atom stereocenters. The molecule has 0 saturated heterocycles. The molecule has 0 bridgehead atoms. The molecule has 6 heteroatoms. The van der Waals surface area contributed by atoms with Crippen LogP contribution < -0.4 is 5.32 Å². The predicted molar refractivity (Wildman–Crippen MR) is 77.9 cm³/mol. The van der Waals surface area contributed by atoms with Crippen LogP contribution in [0.15, 0.2) is 36.5 Å². The molecule has 0 spiro atoms. The summed E-state index contributed by atoms with van der Waals surface area (Å²) < 4.78 is 0. The molecule has 0 saturated carbocycles. The third-order valence-electron chi connectivity index (χ3n) is 2.84. The summed E-state index contributed by atoms with van der Waals surface area (Å²) in [7, 11) is 0. The predicted octanol–water partition coefficient (Wildman–Crippen LogP) is 3.31. The number of fused-ring (bicyclic) bond motifs is 1. The number of pyridine rings is 1. The number of imidazole rings is 1. The van der Waals surface area contributed by atoms with E-state index in [1.807, 2.05) is 12.1 Å². The van der Waals surface area contributed by atoms with Gasteiger partial charge in [-0.25, -0.2) is 9.97 Å². The van der Waals surface area contributed by atoms with Crippen LogP contribution in [0, 0.1) is 11.3 Å². The molecule has 2 heterocycles. The summed E-state index contributed by atoms with van der Waals surface area (Å²) in [5, 5.41) is 12.0. The van der Waals surface area contributed by atoms with Gasteiger partial charge in [-0.1, -0.05) is 0 Å². The van der Waals surface area contributed by atoms with E-state index >= 15 is 0 Å². The molecule has 0 amide bonds. The van der Waals surface area contributed by atoms with Gasteiger partial charge in [-0.05, 0) is 35.9 Å². The molecular formula is C14H10ClN5. The molecule has 0 aliphatic carbocycles. The topological polar surface area (TPSA) is 77.4 Å². The number of nitriles is 1. The minimum Gasteiger partial charge on any atom is -0.324 e. The van der Waals surface area contributed by atoms with Crippen molar-refractivity contribution in [3.63, 3.8) is 0 Å². The van der Waals surface area contributed by atoms with E-state index < -0.39 is 0 Å². The monoisotopic (exact) mass is 283 g/mol. The maximum absolute atomic E-state index is 8.87. The van der Waals surface area contributed by atoms with E-state index in [1.165, 1.54) is 0 Å². The molecule has 5 nitrogen and oxygen atoms in total. The third-order valence-corrected chi connectivity index (χ3v) is 3.14. The number of aromatic amines is 1. The van der Waals surface area contributed by atoms with Gasteiger partial charge < -0.3 is 10.3 Å². The quantitative estimate of drug-likeness (QED) is 0.723. The van der Waals surface area contributed by atoms with Crippen LogP contribution in [-0.2, 0) is 5.88 Å². The van der Waals surface area contributed by atoms with Crippen molar-refractivity contribution in [3.8, 4) is 6.07 Å². The molecule has 0 atom stereocenters. The zero-order valence-electron chi connectivity index (χ0n) is 10.4. The summed E-state index contributed by atoms with van der Waals surface area (Å²) in [4.78, 5) is 11.7. The van der Waals surface area contributed by atoms with Crippen LogP contribution in [0.2, 0.25) is 0 Å². The number of H-pyrrole nitrogens is 1. The molecule has 0 radical (unpaired) electrons. The molecular weight excluding hydrogens is 274 g/mol. The fourth-order valence-corrected chi connectivity index (χ4v) is 2.05. The highest BCUT2D eigenvalue weighted by Gasteiger charge is 2.05. The summed E-state index contributed by atoms with van der Waals surface area (Å²) >= 11 is 5.79. The number of rotatable bonds is 3. The Morgan fingerprint density at radius 1 is 1.30 bits per heavy atom. The van der Waals surface area contributed by atoms with Crippen LogP contribution in [0.5, 0.6) is 0 Å². The first-order chi connectivity index (χ1) is 9.78. The number of hydrogen-bond acceptors (Lipinski definition) is 4. The van der Waals surface area contributed by atoms with Crippen molar-refractivity contribution < 1.29 is 0 Å². The number of benzene rings is 1. The van der Waals surface area contributed by atoms with Gasteiger partial charge in [0.25, 0.3) is 0 Å². The maximum Gasteiger partial charge on any atom is 0.206 e. The molecule has 0 fully saturated rings. The molecule has 98 valence electrons. The summed E-state index contributed by atoms with van der Waals surface area (Å²) in [5.74, 6) is 1.68.